The Morgan fingerprint density at radius 1 is 0.939 bits per heavy atom. The van der Waals surface area contributed by atoms with Gasteiger partial charge >= 0.3 is 0 Å². The zero-order valence-corrected chi connectivity index (χ0v) is 19.4. The van der Waals surface area contributed by atoms with E-state index in [0.29, 0.717) is 40.4 Å². The van der Waals surface area contributed by atoms with Gasteiger partial charge in [-0.2, -0.15) is 0 Å². The van der Waals surface area contributed by atoms with E-state index in [1.54, 1.807) is 36.4 Å². The van der Waals surface area contributed by atoms with Crippen LogP contribution in [0.4, 0.5) is 5.69 Å². The van der Waals surface area contributed by atoms with E-state index in [1.807, 2.05) is 36.4 Å². The first kappa shape index (κ1) is 22.4. The maximum Gasteiger partial charge on any atom is 0.282 e. The minimum atomic E-state index is -0.475. The van der Waals surface area contributed by atoms with Crippen LogP contribution in [0, 0.1) is 0 Å². The Morgan fingerprint density at radius 2 is 1.61 bits per heavy atom. The van der Waals surface area contributed by atoms with Crippen molar-refractivity contribution >= 4 is 39.5 Å². The summed E-state index contributed by atoms with van der Waals surface area (Å²) in [6.07, 6.45) is 1.52. The van der Waals surface area contributed by atoms with Crippen molar-refractivity contribution in [2.24, 2.45) is 0 Å². The summed E-state index contributed by atoms with van der Waals surface area (Å²) in [5, 5.41) is 1.23. The van der Waals surface area contributed by atoms with Crippen LogP contribution in [0.3, 0.4) is 0 Å². The minimum Gasteiger partial charge on any atom is -0.493 e. The summed E-state index contributed by atoms with van der Waals surface area (Å²) in [5.41, 5.74) is 3.81. The second-order valence-corrected chi connectivity index (χ2v) is 7.87. The molecular weight excluding hydrogens is 488 g/mol. The summed E-state index contributed by atoms with van der Waals surface area (Å²) < 4.78 is 17.6. The average Bonchev–Trinajstić information content (AvgIpc) is 3.12. The smallest absolute Gasteiger partial charge is 0.282 e. The van der Waals surface area contributed by atoms with E-state index in [2.05, 4.69) is 21.4 Å². The summed E-state index contributed by atoms with van der Waals surface area (Å²) in [6.45, 7) is 0.659. The number of para-hydroxylation sites is 2. The van der Waals surface area contributed by atoms with Crippen molar-refractivity contribution in [3.8, 4) is 17.2 Å². The molecule has 168 valence electrons. The lowest BCUT2D eigenvalue weighted by molar-refractivity contribution is -0.117. The third-order valence-electron chi connectivity index (χ3n) is 4.81. The van der Waals surface area contributed by atoms with Gasteiger partial charge in [0.05, 0.1) is 17.3 Å². The Balaban J connectivity index is 1.48. The van der Waals surface area contributed by atoms with Crippen LogP contribution in [-0.4, -0.2) is 32.1 Å². The molecule has 0 aliphatic carbocycles. The Bertz CT molecular complexity index is 1180. The van der Waals surface area contributed by atoms with E-state index < -0.39 is 11.8 Å². The normalized spacial score (nSPS) is 14.4. The number of benzene rings is 3. The second kappa shape index (κ2) is 10.2. The Hall–Kier alpha value is -3.78. The predicted octanol–water partition coefficient (Wildman–Crippen LogP) is 4.38. The average molecular weight is 509 g/mol. The molecule has 3 aromatic carbocycles. The van der Waals surface area contributed by atoms with E-state index in [1.165, 1.54) is 18.2 Å². The highest BCUT2D eigenvalue weighted by Crippen LogP contribution is 2.37. The molecule has 0 saturated carbocycles. The highest BCUT2D eigenvalue weighted by atomic mass is 79.9. The van der Waals surface area contributed by atoms with Crippen LogP contribution >= 0.6 is 15.9 Å². The third kappa shape index (κ3) is 5.18. The number of carbonyl (C=O) groups is 2. The lowest BCUT2D eigenvalue weighted by Crippen LogP contribution is -2.35. The van der Waals surface area contributed by atoms with E-state index in [4.69, 9.17) is 14.2 Å². The molecule has 1 N–H and O–H groups in total. The summed E-state index contributed by atoms with van der Waals surface area (Å²) in [5.74, 6) is 0.821. The zero-order chi connectivity index (χ0) is 23.2. The van der Waals surface area contributed by atoms with Crippen molar-refractivity contribution in [1.82, 2.24) is 5.43 Å². The molecule has 2 amide bonds. The van der Waals surface area contributed by atoms with Crippen LogP contribution in [0.15, 0.2) is 82.8 Å². The summed E-state index contributed by atoms with van der Waals surface area (Å²) in [6, 6.07) is 21.8. The van der Waals surface area contributed by atoms with E-state index in [9.17, 15) is 9.59 Å². The standard InChI is InChI=1S/C25H21BrN2O5/c1-31-22-16-17(14-20-24(29)27-28(25(20)30)18-8-4-2-5-9-18)15-21(26)23(22)33-13-12-32-19-10-6-3-7-11-19/h2-11,14-16H,12-13H2,1H3,(H,27,29). The number of methoxy groups -OCH3 is 1. The summed E-state index contributed by atoms with van der Waals surface area (Å²) in [4.78, 5) is 25.3. The van der Waals surface area contributed by atoms with Gasteiger partial charge in [0, 0.05) is 0 Å². The first-order chi connectivity index (χ1) is 16.1. The number of hydrogen-bond donors (Lipinski definition) is 1. The zero-order valence-electron chi connectivity index (χ0n) is 17.8. The number of carbonyl (C=O) groups excluding carboxylic acids is 2. The number of amides is 2. The van der Waals surface area contributed by atoms with Crippen molar-refractivity contribution in [1.29, 1.82) is 0 Å². The van der Waals surface area contributed by atoms with Gasteiger partial charge in [-0.25, -0.2) is 5.01 Å². The molecule has 0 aromatic heterocycles. The summed E-state index contributed by atoms with van der Waals surface area (Å²) in [7, 11) is 1.52. The third-order valence-corrected chi connectivity index (χ3v) is 5.40. The number of hydrazine groups is 1. The van der Waals surface area contributed by atoms with Crippen molar-refractivity contribution in [3.63, 3.8) is 0 Å². The number of hydrogen-bond acceptors (Lipinski definition) is 5. The number of nitrogens with one attached hydrogen (secondary N) is 1. The summed E-state index contributed by atoms with van der Waals surface area (Å²) >= 11 is 3.49. The molecule has 0 spiro atoms. The fourth-order valence-corrected chi connectivity index (χ4v) is 3.84. The van der Waals surface area contributed by atoms with Crippen LogP contribution in [0.1, 0.15) is 5.56 Å². The van der Waals surface area contributed by atoms with Crippen LogP contribution in [0.2, 0.25) is 0 Å². The highest BCUT2D eigenvalue weighted by Gasteiger charge is 2.34. The van der Waals surface area contributed by atoms with E-state index >= 15 is 0 Å². The van der Waals surface area contributed by atoms with Gasteiger partial charge in [-0.05, 0) is 64.0 Å². The molecule has 1 aliphatic heterocycles. The number of halogens is 1. The molecule has 1 fully saturated rings. The van der Waals surface area contributed by atoms with E-state index in [0.717, 1.165) is 5.75 Å². The van der Waals surface area contributed by atoms with Gasteiger partial charge < -0.3 is 14.2 Å². The lowest BCUT2D eigenvalue weighted by Gasteiger charge is -2.14. The topological polar surface area (TPSA) is 77.1 Å². The number of nitrogens with zero attached hydrogens (tertiary/aromatic N) is 1. The molecule has 0 unspecified atom stereocenters. The fourth-order valence-electron chi connectivity index (χ4n) is 3.27. The van der Waals surface area contributed by atoms with Gasteiger partial charge in [-0.15, -0.1) is 0 Å². The number of anilines is 1. The Morgan fingerprint density at radius 3 is 2.30 bits per heavy atom. The SMILES string of the molecule is COc1cc(C=C2C(=O)NN(c3ccccc3)C2=O)cc(Br)c1OCCOc1ccccc1. The molecule has 7 nitrogen and oxygen atoms in total. The predicted molar refractivity (Wildman–Crippen MR) is 128 cm³/mol. The van der Waals surface area contributed by atoms with Gasteiger partial charge in [0.2, 0.25) is 0 Å². The quantitative estimate of drug-likeness (QED) is 0.277. The van der Waals surface area contributed by atoms with Crippen LogP contribution < -0.4 is 24.6 Å². The monoisotopic (exact) mass is 508 g/mol. The molecule has 0 atom stereocenters. The second-order valence-electron chi connectivity index (χ2n) is 7.02. The van der Waals surface area contributed by atoms with Crippen molar-refractivity contribution in [2.75, 3.05) is 25.3 Å². The Labute approximate surface area is 199 Å². The van der Waals surface area contributed by atoms with Crippen LogP contribution in [-0.2, 0) is 9.59 Å². The molecule has 4 rings (SSSR count). The number of rotatable bonds is 8. The minimum absolute atomic E-state index is 0.0257. The largest absolute Gasteiger partial charge is 0.493 e. The van der Waals surface area contributed by atoms with Crippen LogP contribution in [0.25, 0.3) is 6.08 Å². The molecular formula is C25H21BrN2O5. The van der Waals surface area contributed by atoms with Gasteiger partial charge in [-0.3, -0.25) is 15.0 Å². The molecule has 1 saturated heterocycles. The molecule has 1 heterocycles. The van der Waals surface area contributed by atoms with Crippen molar-refractivity contribution < 1.29 is 23.8 Å². The van der Waals surface area contributed by atoms with Gasteiger partial charge in [0.1, 0.15) is 24.5 Å². The van der Waals surface area contributed by atoms with Gasteiger partial charge in [-0.1, -0.05) is 36.4 Å². The molecule has 3 aromatic rings. The maximum atomic E-state index is 12.8. The lowest BCUT2D eigenvalue weighted by atomic mass is 10.1. The van der Waals surface area contributed by atoms with E-state index in [-0.39, 0.29) is 5.57 Å². The fraction of sp³-hybridized carbons (Fsp3) is 0.120. The molecule has 33 heavy (non-hydrogen) atoms. The maximum absolute atomic E-state index is 12.8. The van der Waals surface area contributed by atoms with Gasteiger partial charge in [0.25, 0.3) is 11.8 Å². The highest BCUT2D eigenvalue weighted by molar-refractivity contribution is 9.10. The first-order valence-electron chi connectivity index (χ1n) is 10.2. The van der Waals surface area contributed by atoms with Gasteiger partial charge in [0.15, 0.2) is 11.5 Å². The molecule has 0 radical (unpaired) electrons. The van der Waals surface area contributed by atoms with Crippen molar-refractivity contribution in [2.45, 2.75) is 0 Å². The van der Waals surface area contributed by atoms with Crippen molar-refractivity contribution in [3.05, 3.63) is 88.4 Å². The molecule has 8 heteroatoms. The molecule has 1 aliphatic rings. The first-order valence-corrected chi connectivity index (χ1v) is 11.0. The Kier molecular flexibility index (Phi) is 6.95. The van der Waals surface area contributed by atoms with Crippen LogP contribution in [0.5, 0.6) is 17.2 Å². The molecule has 0 bridgehead atoms. The number of ether oxygens (including phenoxy) is 3.